The lowest BCUT2D eigenvalue weighted by Crippen LogP contribution is -2.68. The van der Waals surface area contributed by atoms with Gasteiger partial charge in [0.2, 0.25) is 0 Å². The number of para-hydroxylation sites is 2. The summed E-state index contributed by atoms with van der Waals surface area (Å²) >= 11 is 0. The fourth-order valence-corrected chi connectivity index (χ4v) is 6.75. The van der Waals surface area contributed by atoms with Crippen molar-refractivity contribution in [2.75, 3.05) is 19.7 Å². The van der Waals surface area contributed by atoms with Gasteiger partial charge in [-0.05, 0) is 23.3 Å². The van der Waals surface area contributed by atoms with Gasteiger partial charge in [-0.3, -0.25) is 19.4 Å². The quantitative estimate of drug-likeness (QED) is 0.170. The van der Waals surface area contributed by atoms with Gasteiger partial charge in [-0.1, -0.05) is 36.4 Å². The van der Waals surface area contributed by atoms with Crippen molar-refractivity contribution >= 4 is 33.7 Å². The van der Waals surface area contributed by atoms with E-state index in [0.717, 1.165) is 32.9 Å². The number of rotatable bonds is 8. The van der Waals surface area contributed by atoms with Crippen LogP contribution < -0.4 is 0 Å². The summed E-state index contributed by atoms with van der Waals surface area (Å²) in [4.78, 5) is 35.3. The Hall–Kier alpha value is -3.74. The van der Waals surface area contributed by atoms with E-state index in [4.69, 9.17) is 0 Å². The molecule has 210 valence electrons. The molecule has 0 bridgehead atoms. The van der Waals surface area contributed by atoms with E-state index >= 15 is 0 Å². The molecular weight excluding hydrogens is 516 g/mol. The maximum Gasteiger partial charge on any atom is 0.321 e. The number of hydrogen-bond donors (Lipinski definition) is 7. The third-order valence-electron chi connectivity index (χ3n) is 8.61. The van der Waals surface area contributed by atoms with Gasteiger partial charge in [-0.15, -0.1) is 0 Å². The molecule has 0 spiro atoms. The van der Waals surface area contributed by atoms with Crippen molar-refractivity contribution in [1.82, 2.24) is 19.8 Å². The predicted octanol–water partition coefficient (Wildman–Crippen LogP) is 1.10. The van der Waals surface area contributed by atoms with Crippen LogP contribution in [0.15, 0.2) is 54.7 Å². The first-order valence-corrected chi connectivity index (χ1v) is 13.4. The zero-order chi connectivity index (χ0) is 28.1. The van der Waals surface area contributed by atoms with Crippen molar-refractivity contribution in [2.24, 2.45) is 0 Å². The molecule has 1 saturated heterocycles. The summed E-state index contributed by atoms with van der Waals surface area (Å²) in [5, 5.41) is 54.3. The SMILES string of the molecule is O=C(O)C1Cc2c([nH]c3ccccc23)C2C(C(O)C(O)CO)N(C(Cc3c[nH]c4ccccc34)C(=O)O)CCN12. The molecule has 4 heterocycles. The third-order valence-corrected chi connectivity index (χ3v) is 8.61. The average Bonchev–Trinajstić information content (AvgIpc) is 3.55. The van der Waals surface area contributed by atoms with E-state index in [1.54, 1.807) is 16.0 Å². The van der Waals surface area contributed by atoms with E-state index in [1.165, 1.54) is 0 Å². The summed E-state index contributed by atoms with van der Waals surface area (Å²) in [6, 6.07) is 11.3. The zero-order valence-corrected chi connectivity index (χ0v) is 21.6. The third kappa shape index (κ3) is 4.27. The zero-order valence-electron chi connectivity index (χ0n) is 21.6. The number of aliphatic hydroxyl groups excluding tert-OH is 3. The van der Waals surface area contributed by atoms with Gasteiger partial charge in [0, 0.05) is 59.6 Å². The Morgan fingerprint density at radius 1 is 0.975 bits per heavy atom. The van der Waals surface area contributed by atoms with Crippen LogP contribution >= 0.6 is 0 Å². The van der Waals surface area contributed by atoms with E-state index in [0.29, 0.717) is 5.69 Å². The number of H-pyrrole nitrogens is 2. The van der Waals surface area contributed by atoms with Gasteiger partial charge in [0.1, 0.15) is 18.2 Å². The van der Waals surface area contributed by atoms with E-state index in [2.05, 4.69) is 9.97 Å². The molecule has 11 heteroatoms. The number of aromatic amines is 2. The number of hydrogen-bond acceptors (Lipinski definition) is 7. The monoisotopic (exact) mass is 548 g/mol. The minimum atomic E-state index is -1.56. The summed E-state index contributed by atoms with van der Waals surface area (Å²) in [6.07, 6.45) is -0.981. The van der Waals surface area contributed by atoms with Gasteiger partial charge in [-0.25, -0.2) is 0 Å². The highest BCUT2D eigenvalue weighted by Gasteiger charge is 2.53. The highest BCUT2D eigenvalue weighted by molar-refractivity contribution is 5.87. The highest BCUT2D eigenvalue weighted by atomic mass is 16.4. The molecule has 0 saturated carbocycles. The highest BCUT2D eigenvalue weighted by Crippen LogP contribution is 2.44. The van der Waals surface area contributed by atoms with Crippen molar-refractivity contribution in [3.63, 3.8) is 0 Å². The Morgan fingerprint density at radius 3 is 2.38 bits per heavy atom. The molecule has 11 nitrogen and oxygen atoms in total. The lowest BCUT2D eigenvalue weighted by Gasteiger charge is -2.54. The summed E-state index contributed by atoms with van der Waals surface area (Å²) in [5.74, 6) is -2.12. The fourth-order valence-electron chi connectivity index (χ4n) is 6.75. The molecule has 0 aliphatic carbocycles. The fraction of sp³-hybridized carbons (Fsp3) is 0.379. The lowest BCUT2D eigenvalue weighted by molar-refractivity contribution is -0.164. The normalized spacial score (nSPS) is 23.9. The first-order valence-electron chi connectivity index (χ1n) is 13.4. The van der Waals surface area contributed by atoms with Crippen molar-refractivity contribution < 1.29 is 35.1 Å². The van der Waals surface area contributed by atoms with Gasteiger partial charge in [-0.2, -0.15) is 0 Å². The number of carbonyl (C=O) groups is 2. The minimum Gasteiger partial charge on any atom is -0.480 e. The summed E-state index contributed by atoms with van der Waals surface area (Å²) in [6.45, 7) is -0.345. The molecule has 0 radical (unpaired) electrons. The Labute approximate surface area is 229 Å². The molecule has 6 rings (SSSR count). The molecule has 2 aliphatic heterocycles. The number of aliphatic hydroxyl groups is 3. The minimum absolute atomic E-state index is 0.117. The van der Waals surface area contributed by atoms with Gasteiger partial charge in [0.05, 0.1) is 24.8 Å². The van der Waals surface area contributed by atoms with Crippen LogP contribution in [0, 0.1) is 0 Å². The van der Waals surface area contributed by atoms with Crippen molar-refractivity contribution in [3.05, 3.63) is 71.5 Å². The standard InChI is InChI=1S/C29H32N4O7/c34-14-23(35)27(36)26-25-24-18(17-6-2-4-8-20(17)31-24)12-22(29(39)40)32(25)9-10-33(26)21(28(37)38)11-15-13-30-19-7-3-1-5-16(15)19/h1-8,13,21-23,25-27,30-31,34-36H,9-12,14H2,(H,37,38)(H,39,40). The molecule has 1 fully saturated rings. The molecule has 6 unspecified atom stereocenters. The molecule has 6 atom stereocenters. The van der Waals surface area contributed by atoms with Crippen LogP contribution in [0.4, 0.5) is 0 Å². The maximum atomic E-state index is 12.8. The van der Waals surface area contributed by atoms with Crippen LogP contribution in [-0.2, 0) is 22.4 Å². The smallest absolute Gasteiger partial charge is 0.321 e. The molecule has 40 heavy (non-hydrogen) atoms. The second kappa shape index (κ2) is 10.3. The second-order valence-corrected chi connectivity index (χ2v) is 10.7. The van der Waals surface area contributed by atoms with Crippen LogP contribution in [0.2, 0.25) is 0 Å². The van der Waals surface area contributed by atoms with E-state index in [1.807, 2.05) is 48.5 Å². The van der Waals surface area contributed by atoms with Crippen molar-refractivity contribution in [3.8, 4) is 0 Å². The van der Waals surface area contributed by atoms with Gasteiger partial charge in [0.15, 0.2) is 0 Å². The largest absolute Gasteiger partial charge is 0.480 e. The van der Waals surface area contributed by atoms with Crippen LogP contribution in [0.5, 0.6) is 0 Å². The summed E-state index contributed by atoms with van der Waals surface area (Å²) in [5.41, 5.74) is 3.96. The van der Waals surface area contributed by atoms with Crippen molar-refractivity contribution in [2.45, 2.75) is 49.2 Å². The first-order chi connectivity index (χ1) is 19.3. The number of nitrogens with one attached hydrogen (secondary N) is 2. The number of nitrogens with zero attached hydrogens (tertiary/aromatic N) is 2. The van der Waals surface area contributed by atoms with Crippen molar-refractivity contribution in [1.29, 1.82) is 0 Å². The van der Waals surface area contributed by atoms with Crippen LogP contribution in [0.25, 0.3) is 21.8 Å². The van der Waals surface area contributed by atoms with Crippen LogP contribution in [-0.4, -0.2) is 107 Å². The second-order valence-electron chi connectivity index (χ2n) is 10.7. The summed E-state index contributed by atoms with van der Waals surface area (Å²) in [7, 11) is 0. The van der Waals surface area contributed by atoms with Gasteiger partial charge < -0.3 is 35.5 Å². The van der Waals surface area contributed by atoms with Gasteiger partial charge in [0.25, 0.3) is 0 Å². The Morgan fingerprint density at radius 2 is 1.68 bits per heavy atom. The number of aliphatic carboxylic acids is 2. The number of piperazine rings is 1. The number of fused-ring (bicyclic) bond motifs is 6. The predicted molar refractivity (Wildman–Crippen MR) is 146 cm³/mol. The van der Waals surface area contributed by atoms with Gasteiger partial charge >= 0.3 is 11.9 Å². The molecule has 2 aliphatic rings. The van der Waals surface area contributed by atoms with Crippen LogP contribution in [0.1, 0.15) is 22.9 Å². The average molecular weight is 549 g/mol. The maximum absolute atomic E-state index is 12.8. The topological polar surface area (TPSA) is 173 Å². The molecule has 0 amide bonds. The Balaban J connectivity index is 1.48. The number of benzene rings is 2. The number of carboxylic acids is 2. The molecule has 4 aromatic rings. The lowest BCUT2D eigenvalue weighted by atomic mass is 9.81. The molecule has 2 aromatic heterocycles. The first kappa shape index (κ1) is 26.5. The molecular formula is C29H32N4O7. The van der Waals surface area contributed by atoms with E-state index in [9.17, 15) is 35.1 Å². The molecule has 2 aromatic carbocycles. The Kier molecular flexibility index (Phi) is 6.85. The number of aromatic nitrogens is 2. The number of carboxylic acid groups (broad SMARTS) is 2. The van der Waals surface area contributed by atoms with E-state index < -0.39 is 54.9 Å². The Bertz CT molecular complexity index is 1560. The van der Waals surface area contributed by atoms with E-state index in [-0.39, 0.29) is 25.9 Å². The molecule has 7 N–H and O–H groups in total. The summed E-state index contributed by atoms with van der Waals surface area (Å²) < 4.78 is 0. The van der Waals surface area contributed by atoms with Crippen LogP contribution in [0.3, 0.4) is 0 Å².